The van der Waals surface area contributed by atoms with Crippen LogP contribution in [0.3, 0.4) is 0 Å². The van der Waals surface area contributed by atoms with E-state index in [2.05, 4.69) is 15.9 Å². The van der Waals surface area contributed by atoms with Gasteiger partial charge in [0.1, 0.15) is 0 Å². The third-order valence-electron chi connectivity index (χ3n) is 2.23. The molecule has 14 heavy (non-hydrogen) atoms. The molecule has 0 heterocycles. The van der Waals surface area contributed by atoms with Crippen LogP contribution in [-0.2, 0) is 9.53 Å². The number of aliphatic hydroxyl groups is 1. The lowest BCUT2D eigenvalue weighted by molar-refractivity contribution is -0.148. The van der Waals surface area contributed by atoms with Gasteiger partial charge in [-0.05, 0) is 19.3 Å². The van der Waals surface area contributed by atoms with Crippen molar-refractivity contribution in [3.05, 3.63) is 0 Å². The van der Waals surface area contributed by atoms with Crippen molar-refractivity contribution in [2.24, 2.45) is 11.8 Å². The molecule has 0 aromatic heterocycles. The molecule has 0 saturated carbocycles. The van der Waals surface area contributed by atoms with Crippen LogP contribution in [0.1, 0.15) is 27.2 Å². The highest BCUT2D eigenvalue weighted by Gasteiger charge is 2.21. The normalized spacial score (nSPS) is 17.2. The highest BCUT2D eigenvalue weighted by atomic mass is 79.9. The van der Waals surface area contributed by atoms with E-state index in [1.165, 1.54) is 0 Å². The number of carbonyl (C=O) groups is 1. The summed E-state index contributed by atoms with van der Waals surface area (Å²) in [6, 6.07) is 0. The first-order valence-corrected chi connectivity index (χ1v) is 6.05. The first kappa shape index (κ1) is 13.9. The van der Waals surface area contributed by atoms with Crippen LogP contribution in [0.5, 0.6) is 0 Å². The molecule has 0 amide bonds. The predicted molar refractivity (Wildman–Crippen MR) is 59.4 cm³/mol. The summed E-state index contributed by atoms with van der Waals surface area (Å²) in [6.45, 7) is 5.97. The van der Waals surface area contributed by atoms with Crippen molar-refractivity contribution in [3.8, 4) is 0 Å². The molecular formula is C10H19BrO3. The van der Waals surface area contributed by atoms with E-state index in [1.807, 2.05) is 13.8 Å². The van der Waals surface area contributed by atoms with Gasteiger partial charge in [0.25, 0.3) is 0 Å². The molecule has 0 aromatic carbocycles. The molecule has 0 rings (SSSR count). The minimum atomic E-state index is -0.396. The van der Waals surface area contributed by atoms with Crippen LogP contribution < -0.4 is 0 Å². The lowest BCUT2D eigenvalue weighted by Crippen LogP contribution is -2.25. The maximum Gasteiger partial charge on any atom is 0.308 e. The molecule has 4 heteroatoms. The van der Waals surface area contributed by atoms with Crippen LogP contribution >= 0.6 is 15.9 Å². The highest BCUT2D eigenvalue weighted by Crippen LogP contribution is 2.17. The number of rotatable bonds is 6. The van der Waals surface area contributed by atoms with Crippen molar-refractivity contribution < 1.29 is 14.6 Å². The Hall–Kier alpha value is -0.0900. The summed E-state index contributed by atoms with van der Waals surface area (Å²) < 4.78 is 4.89. The Morgan fingerprint density at radius 2 is 2.07 bits per heavy atom. The largest absolute Gasteiger partial charge is 0.466 e. The van der Waals surface area contributed by atoms with E-state index >= 15 is 0 Å². The minimum Gasteiger partial charge on any atom is -0.466 e. The van der Waals surface area contributed by atoms with Crippen LogP contribution in [-0.4, -0.2) is 29.1 Å². The molecule has 0 aliphatic rings. The average molecular weight is 267 g/mol. The summed E-state index contributed by atoms with van der Waals surface area (Å²) in [4.78, 5) is 11.3. The minimum absolute atomic E-state index is 0.105. The molecule has 0 aliphatic carbocycles. The van der Waals surface area contributed by atoms with Gasteiger partial charge >= 0.3 is 5.97 Å². The Morgan fingerprint density at radius 1 is 1.50 bits per heavy atom. The lowest BCUT2D eigenvalue weighted by atomic mass is 9.94. The lowest BCUT2D eigenvalue weighted by Gasteiger charge is -2.19. The van der Waals surface area contributed by atoms with Gasteiger partial charge in [-0.2, -0.15) is 0 Å². The monoisotopic (exact) mass is 266 g/mol. The smallest absolute Gasteiger partial charge is 0.308 e. The fraction of sp³-hybridized carbons (Fsp3) is 0.900. The number of aliphatic hydroxyl groups excluding tert-OH is 1. The maximum atomic E-state index is 11.3. The molecule has 3 atom stereocenters. The molecule has 3 nitrogen and oxygen atoms in total. The Bertz CT molecular complexity index is 173. The highest BCUT2D eigenvalue weighted by molar-refractivity contribution is 9.09. The molecule has 0 bridgehead atoms. The van der Waals surface area contributed by atoms with Gasteiger partial charge in [0.05, 0.1) is 18.6 Å². The van der Waals surface area contributed by atoms with Gasteiger partial charge in [0.15, 0.2) is 0 Å². The number of ether oxygens (including phenoxy) is 1. The van der Waals surface area contributed by atoms with Gasteiger partial charge in [0.2, 0.25) is 0 Å². The van der Waals surface area contributed by atoms with Crippen LogP contribution in [0.2, 0.25) is 0 Å². The van der Waals surface area contributed by atoms with Crippen molar-refractivity contribution >= 4 is 21.9 Å². The number of alkyl halides is 1. The fourth-order valence-corrected chi connectivity index (χ4v) is 1.89. The Labute approximate surface area is 94.0 Å². The summed E-state index contributed by atoms with van der Waals surface area (Å²) in [7, 11) is 0. The van der Waals surface area contributed by atoms with E-state index in [4.69, 9.17) is 4.74 Å². The van der Waals surface area contributed by atoms with E-state index < -0.39 is 6.10 Å². The van der Waals surface area contributed by atoms with Crippen molar-refractivity contribution in [1.29, 1.82) is 0 Å². The first-order valence-electron chi connectivity index (χ1n) is 4.93. The first-order chi connectivity index (χ1) is 6.52. The van der Waals surface area contributed by atoms with E-state index in [9.17, 15) is 9.90 Å². The second-order valence-corrected chi connectivity index (χ2v) is 4.24. The van der Waals surface area contributed by atoms with Gasteiger partial charge in [-0.3, -0.25) is 4.79 Å². The average Bonchev–Trinajstić information content (AvgIpc) is 2.16. The summed E-state index contributed by atoms with van der Waals surface area (Å²) in [5.41, 5.74) is 0. The second-order valence-electron chi connectivity index (χ2n) is 3.59. The van der Waals surface area contributed by atoms with Gasteiger partial charge in [-0.1, -0.05) is 29.8 Å². The van der Waals surface area contributed by atoms with Gasteiger partial charge < -0.3 is 9.84 Å². The van der Waals surface area contributed by atoms with Crippen molar-refractivity contribution in [2.75, 3.05) is 11.9 Å². The zero-order valence-electron chi connectivity index (χ0n) is 9.00. The van der Waals surface area contributed by atoms with Crippen LogP contribution in [0.15, 0.2) is 0 Å². The molecule has 84 valence electrons. The molecule has 1 unspecified atom stereocenters. The SMILES string of the molecule is CCOC(=O)[C@@H](C)CC(C)[C@@H](O)CBr. The summed E-state index contributed by atoms with van der Waals surface area (Å²) in [5.74, 6) is -0.214. The number of halogens is 1. The van der Waals surface area contributed by atoms with Crippen LogP contribution in [0.4, 0.5) is 0 Å². The van der Waals surface area contributed by atoms with E-state index in [1.54, 1.807) is 6.92 Å². The maximum absolute atomic E-state index is 11.3. The summed E-state index contributed by atoms with van der Waals surface area (Å²) in [5, 5.41) is 10.0. The third kappa shape index (κ3) is 4.96. The fourth-order valence-electron chi connectivity index (χ4n) is 1.25. The quantitative estimate of drug-likeness (QED) is 0.591. The molecule has 0 aliphatic heterocycles. The number of hydrogen-bond donors (Lipinski definition) is 1. The Morgan fingerprint density at radius 3 is 2.50 bits per heavy atom. The van der Waals surface area contributed by atoms with Gasteiger partial charge in [-0.15, -0.1) is 0 Å². The van der Waals surface area contributed by atoms with Gasteiger partial charge in [-0.25, -0.2) is 0 Å². The van der Waals surface area contributed by atoms with Crippen LogP contribution in [0, 0.1) is 11.8 Å². The molecule has 0 radical (unpaired) electrons. The molecule has 0 fully saturated rings. The number of carbonyl (C=O) groups excluding carboxylic acids is 1. The third-order valence-corrected chi connectivity index (χ3v) is 2.89. The summed E-state index contributed by atoms with van der Waals surface area (Å²) >= 11 is 3.21. The van der Waals surface area contributed by atoms with Crippen molar-refractivity contribution in [2.45, 2.75) is 33.3 Å². The van der Waals surface area contributed by atoms with E-state index in [0.29, 0.717) is 18.4 Å². The van der Waals surface area contributed by atoms with Crippen molar-refractivity contribution in [1.82, 2.24) is 0 Å². The zero-order valence-corrected chi connectivity index (χ0v) is 10.6. The Kier molecular flexibility index (Phi) is 7.19. The van der Waals surface area contributed by atoms with E-state index in [-0.39, 0.29) is 17.8 Å². The molecular weight excluding hydrogens is 248 g/mol. The Balaban J connectivity index is 3.92. The molecule has 1 N–H and O–H groups in total. The topological polar surface area (TPSA) is 46.5 Å². The van der Waals surface area contributed by atoms with Crippen LogP contribution in [0.25, 0.3) is 0 Å². The predicted octanol–water partition coefficient (Wildman–Crippen LogP) is 1.97. The van der Waals surface area contributed by atoms with Crippen molar-refractivity contribution in [3.63, 3.8) is 0 Å². The summed E-state index contributed by atoms with van der Waals surface area (Å²) in [6.07, 6.45) is 0.262. The second kappa shape index (κ2) is 7.23. The number of esters is 1. The molecule has 0 saturated heterocycles. The molecule has 0 aromatic rings. The van der Waals surface area contributed by atoms with Gasteiger partial charge in [0, 0.05) is 5.33 Å². The zero-order chi connectivity index (χ0) is 11.1. The molecule has 0 spiro atoms. The van der Waals surface area contributed by atoms with E-state index in [0.717, 1.165) is 0 Å². The number of hydrogen-bond acceptors (Lipinski definition) is 3. The standard InChI is InChI=1S/C10H19BrO3/c1-4-14-10(13)8(3)5-7(2)9(12)6-11/h7-9,12H,4-6H2,1-3H3/t7?,8-,9-/m0/s1.